The smallest absolute Gasteiger partial charge is 0.352 e. The second-order valence-electron chi connectivity index (χ2n) is 7.90. The number of H-pyrrole nitrogens is 1. The van der Waals surface area contributed by atoms with Gasteiger partial charge in [-0.15, -0.1) is 28.2 Å². The monoisotopic (exact) mass is 537 g/mol. The van der Waals surface area contributed by atoms with Gasteiger partial charge in [-0.25, -0.2) is 9.89 Å². The van der Waals surface area contributed by atoms with Crippen LogP contribution in [0, 0.1) is 0 Å². The molecule has 0 saturated carbocycles. The predicted molar refractivity (Wildman–Crippen MR) is 132 cm³/mol. The zero-order valence-electron chi connectivity index (χ0n) is 18.7. The molecule has 11 nitrogen and oxygen atoms in total. The minimum atomic E-state index is -1.24. The van der Waals surface area contributed by atoms with E-state index in [1.807, 2.05) is 24.4 Å². The van der Waals surface area contributed by atoms with Crippen LogP contribution in [0.2, 0.25) is 0 Å². The number of carboxylic acid groups (broad SMARTS) is 1. The molecule has 2 aromatic heterocycles. The number of amides is 2. The van der Waals surface area contributed by atoms with E-state index in [9.17, 15) is 29.1 Å². The molecule has 0 radical (unpaired) electrons. The number of carbonyl (C=O) groups excluding carboxylic acids is 2. The lowest BCUT2D eigenvalue weighted by Gasteiger charge is -2.49. The molecule has 1 fully saturated rings. The number of β-lactam (4-membered cyclic amide) rings is 1. The molecule has 2 aliphatic heterocycles. The van der Waals surface area contributed by atoms with Crippen molar-refractivity contribution in [2.45, 2.75) is 49.3 Å². The first kappa shape index (κ1) is 25.3. The van der Waals surface area contributed by atoms with E-state index < -0.39 is 34.4 Å². The number of carbonyl (C=O) groups is 3. The number of hydrogen-bond acceptors (Lipinski definition) is 9. The highest BCUT2D eigenvalue weighted by molar-refractivity contribution is 8.01. The van der Waals surface area contributed by atoms with Gasteiger partial charge in [0.05, 0.1) is 6.42 Å². The number of fused-ring (bicyclic) bond motifs is 1. The van der Waals surface area contributed by atoms with Crippen LogP contribution in [0.5, 0.6) is 0 Å². The van der Waals surface area contributed by atoms with Crippen molar-refractivity contribution in [2.24, 2.45) is 0 Å². The van der Waals surface area contributed by atoms with Crippen LogP contribution in [-0.4, -0.2) is 65.5 Å². The summed E-state index contributed by atoms with van der Waals surface area (Å²) in [5.74, 6) is -1.49. The Hall–Kier alpha value is -2.84. The molecular formula is C21H23N5O6S3. The molecule has 0 spiro atoms. The number of nitrogens with one attached hydrogen (secondary N) is 2. The maximum Gasteiger partial charge on any atom is 0.352 e. The number of rotatable bonds is 10. The minimum absolute atomic E-state index is 0.109. The van der Waals surface area contributed by atoms with Gasteiger partial charge < -0.3 is 10.4 Å². The third-order valence-corrected chi connectivity index (χ3v) is 8.79. The fraction of sp³-hybridized carbons (Fsp3) is 0.429. The van der Waals surface area contributed by atoms with Gasteiger partial charge in [-0.3, -0.25) is 28.6 Å². The molecule has 2 aliphatic rings. The zero-order chi connectivity index (χ0) is 25.1. The Morgan fingerprint density at radius 1 is 1.34 bits per heavy atom. The first-order valence-corrected chi connectivity index (χ1v) is 13.8. The number of thioether (sulfide) groups is 2. The van der Waals surface area contributed by atoms with Gasteiger partial charge in [0.25, 0.3) is 5.91 Å². The van der Waals surface area contributed by atoms with Crippen LogP contribution in [0.1, 0.15) is 24.6 Å². The van der Waals surface area contributed by atoms with Crippen molar-refractivity contribution in [3.05, 3.63) is 54.4 Å². The SMILES string of the molecule is CCCCn1c(SCC2=C(C(=O)O)N3C(=O)[C@@H](NC(=O)Cc4cccs4)[C@H]3SC2)n[nH]c(=O)c1=O. The Morgan fingerprint density at radius 2 is 2.14 bits per heavy atom. The van der Waals surface area contributed by atoms with Crippen LogP contribution in [0.4, 0.5) is 0 Å². The highest BCUT2D eigenvalue weighted by atomic mass is 32.2. The largest absolute Gasteiger partial charge is 0.477 e. The molecule has 4 rings (SSSR count). The summed E-state index contributed by atoms with van der Waals surface area (Å²) in [4.78, 5) is 63.3. The summed E-state index contributed by atoms with van der Waals surface area (Å²) in [5.41, 5.74) is -1.13. The van der Waals surface area contributed by atoms with Gasteiger partial charge in [-0.1, -0.05) is 31.2 Å². The number of aliphatic carboxylic acids is 1. The summed E-state index contributed by atoms with van der Waals surface area (Å²) in [6, 6.07) is 2.90. The molecule has 0 bridgehead atoms. The van der Waals surface area contributed by atoms with Gasteiger partial charge in [-0.05, 0) is 23.4 Å². The molecule has 2 atom stereocenters. The molecule has 2 aromatic rings. The summed E-state index contributed by atoms with van der Waals surface area (Å²) < 4.78 is 1.29. The molecule has 2 amide bonds. The Bertz CT molecular complexity index is 1290. The topological polar surface area (TPSA) is 154 Å². The Kier molecular flexibility index (Phi) is 7.82. The number of carboxylic acids is 1. The van der Waals surface area contributed by atoms with Crippen LogP contribution in [0.25, 0.3) is 0 Å². The van der Waals surface area contributed by atoms with Gasteiger partial charge in [0.2, 0.25) is 5.91 Å². The van der Waals surface area contributed by atoms with E-state index >= 15 is 0 Å². The quantitative estimate of drug-likeness (QED) is 0.227. The lowest BCUT2D eigenvalue weighted by atomic mass is 10.0. The fourth-order valence-electron chi connectivity index (χ4n) is 3.78. The van der Waals surface area contributed by atoms with Crippen molar-refractivity contribution >= 4 is 52.6 Å². The summed E-state index contributed by atoms with van der Waals surface area (Å²) >= 11 is 3.95. The lowest BCUT2D eigenvalue weighted by molar-refractivity contribution is -0.150. The average Bonchev–Trinajstić information content (AvgIpc) is 3.34. The highest BCUT2D eigenvalue weighted by Crippen LogP contribution is 2.41. The van der Waals surface area contributed by atoms with E-state index in [2.05, 4.69) is 15.5 Å². The Labute approximate surface area is 212 Å². The number of hydrogen-bond donors (Lipinski definition) is 3. The molecule has 0 unspecified atom stereocenters. The maximum atomic E-state index is 12.8. The van der Waals surface area contributed by atoms with Crippen molar-refractivity contribution < 1.29 is 19.5 Å². The fourth-order valence-corrected chi connectivity index (χ4v) is 6.94. The molecule has 14 heteroatoms. The van der Waals surface area contributed by atoms with Gasteiger partial charge >= 0.3 is 17.1 Å². The average molecular weight is 538 g/mol. The van der Waals surface area contributed by atoms with Gasteiger partial charge in [0.15, 0.2) is 5.16 Å². The number of nitrogens with zero attached hydrogens (tertiary/aromatic N) is 3. The van der Waals surface area contributed by atoms with Crippen molar-refractivity contribution in [1.82, 2.24) is 25.0 Å². The first-order valence-electron chi connectivity index (χ1n) is 10.9. The van der Waals surface area contributed by atoms with Gasteiger partial charge in [-0.2, -0.15) is 0 Å². The van der Waals surface area contributed by atoms with Gasteiger partial charge in [0, 0.05) is 22.9 Å². The third-order valence-electron chi connectivity index (χ3n) is 5.52. The summed E-state index contributed by atoms with van der Waals surface area (Å²) in [6.07, 6.45) is 1.66. The lowest BCUT2D eigenvalue weighted by Crippen LogP contribution is -2.70. The zero-order valence-corrected chi connectivity index (χ0v) is 21.1. The number of aromatic amines is 1. The second kappa shape index (κ2) is 10.8. The first-order chi connectivity index (χ1) is 16.8. The molecule has 4 heterocycles. The normalized spacial score (nSPS) is 19.3. The van der Waals surface area contributed by atoms with Crippen LogP contribution in [-0.2, 0) is 27.3 Å². The summed E-state index contributed by atoms with van der Waals surface area (Å²) in [6.45, 7) is 2.29. The van der Waals surface area contributed by atoms with Crippen molar-refractivity contribution in [1.29, 1.82) is 0 Å². The van der Waals surface area contributed by atoms with Crippen LogP contribution in [0.15, 0.2) is 43.5 Å². The molecule has 0 aliphatic carbocycles. The molecule has 35 heavy (non-hydrogen) atoms. The number of aromatic nitrogens is 3. The molecule has 3 N–H and O–H groups in total. The number of unbranched alkanes of at least 4 members (excludes halogenated alkanes) is 1. The van der Waals surface area contributed by atoms with Crippen LogP contribution >= 0.6 is 34.9 Å². The summed E-state index contributed by atoms with van der Waals surface area (Å²) in [5, 5.41) is 20.4. The number of thiophene rings is 1. The van der Waals surface area contributed by atoms with Crippen molar-refractivity contribution in [3.8, 4) is 0 Å². The van der Waals surface area contributed by atoms with E-state index in [1.165, 1.54) is 32.6 Å². The maximum absolute atomic E-state index is 12.8. The Morgan fingerprint density at radius 3 is 2.83 bits per heavy atom. The summed E-state index contributed by atoms with van der Waals surface area (Å²) in [7, 11) is 0. The standard InChI is InChI=1S/C21H23N5O6S3/c1-2-3-6-25-18(30)16(28)23-24-21(25)35-10-11-9-34-19-14(17(29)26(19)15(11)20(31)32)22-13(27)8-12-5-4-7-33-12/h4-5,7,14,19H,2-3,6,8-10H2,1H3,(H,22,27)(H,23,28)(H,31,32)/t14-,19-/m1/s1. The van der Waals surface area contributed by atoms with Crippen molar-refractivity contribution in [2.75, 3.05) is 11.5 Å². The molecule has 0 aromatic carbocycles. The van der Waals surface area contributed by atoms with E-state index in [1.54, 1.807) is 0 Å². The minimum Gasteiger partial charge on any atom is -0.477 e. The molecule has 186 valence electrons. The highest BCUT2D eigenvalue weighted by Gasteiger charge is 2.54. The van der Waals surface area contributed by atoms with Crippen LogP contribution in [0.3, 0.4) is 0 Å². The van der Waals surface area contributed by atoms with Crippen molar-refractivity contribution in [3.63, 3.8) is 0 Å². The molecule has 1 saturated heterocycles. The van der Waals surface area contributed by atoms with E-state index in [4.69, 9.17) is 0 Å². The van der Waals surface area contributed by atoms with Gasteiger partial charge in [0.1, 0.15) is 17.1 Å². The Balaban J connectivity index is 1.48. The van der Waals surface area contributed by atoms with E-state index in [0.717, 1.165) is 23.1 Å². The van der Waals surface area contributed by atoms with Crippen LogP contribution < -0.4 is 16.4 Å². The second-order valence-corrected chi connectivity index (χ2v) is 11.0. The van der Waals surface area contributed by atoms with E-state index in [-0.39, 0.29) is 28.9 Å². The third kappa shape index (κ3) is 5.23. The predicted octanol–water partition coefficient (Wildman–Crippen LogP) is 0.867. The van der Waals surface area contributed by atoms with E-state index in [0.29, 0.717) is 24.3 Å². The molecular weight excluding hydrogens is 514 g/mol.